The molecule has 0 amide bonds. The van der Waals surface area contributed by atoms with Gasteiger partial charge < -0.3 is 14.4 Å². The van der Waals surface area contributed by atoms with Crippen LogP contribution in [-0.2, 0) is 25.8 Å². The van der Waals surface area contributed by atoms with Crippen molar-refractivity contribution in [1.29, 1.82) is 0 Å². The molecule has 0 radical (unpaired) electrons. The maximum Gasteiger partial charge on any atom is 0.360 e. The third-order valence-electron chi connectivity index (χ3n) is 4.09. The number of carbonyl (C=O) groups excluding carboxylic acids is 1. The zero-order valence-corrected chi connectivity index (χ0v) is 16.6. The van der Waals surface area contributed by atoms with E-state index in [-0.39, 0.29) is 12.3 Å². The fourth-order valence-corrected chi connectivity index (χ4v) is 2.68. The maximum atomic E-state index is 12.1. The van der Waals surface area contributed by atoms with Crippen LogP contribution in [0.2, 0.25) is 0 Å². The summed E-state index contributed by atoms with van der Waals surface area (Å²) in [7, 11) is 2.66. The van der Waals surface area contributed by atoms with E-state index in [9.17, 15) is 4.79 Å². The van der Waals surface area contributed by atoms with E-state index in [2.05, 4.69) is 16.9 Å². The number of hydrogen-bond acceptors (Lipinski definition) is 6. The first-order valence-corrected chi connectivity index (χ1v) is 8.69. The Bertz CT molecular complexity index is 917. The van der Waals surface area contributed by atoms with Crippen molar-refractivity contribution in [1.82, 2.24) is 0 Å². The Balaban J connectivity index is 2.34. The van der Waals surface area contributed by atoms with Gasteiger partial charge in [0.2, 0.25) is 0 Å². The highest BCUT2D eigenvalue weighted by Crippen LogP contribution is 2.20. The third-order valence-corrected chi connectivity index (χ3v) is 4.09. The summed E-state index contributed by atoms with van der Waals surface area (Å²) in [6.07, 6.45) is 1.68. The van der Waals surface area contributed by atoms with Gasteiger partial charge in [-0.2, -0.15) is 0 Å². The van der Waals surface area contributed by atoms with Gasteiger partial charge in [0.25, 0.3) is 0 Å². The largest absolute Gasteiger partial charge is 0.464 e. The van der Waals surface area contributed by atoms with Crippen LogP contribution >= 0.6 is 0 Å². The molecule has 0 atom stereocenters. The Morgan fingerprint density at radius 2 is 1.89 bits per heavy atom. The molecule has 0 saturated carbocycles. The minimum absolute atomic E-state index is 0.0479. The summed E-state index contributed by atoms with van der Waals surface area (Å²) in [6.45, 7) is 7.85. The van der Waals surface area contributed by atoms with Gasteiger partial charge in [0.1, 0.15) is 13.7 Å². The van der Waals surface area contributed by atoms with Crippen molar-refractivity contribution in [2.24, 2.45) is 10.3 Å². The minimum Gasteiger partial charge on any atom is -0.464 e. The first-order chi connectivity index (χ1) is 13.5. The number of ether oxygens (including phenoxy) is 1. The smallest absolute Gasteiger partial charge is 0.360 e. The van der Waals surface area contributed by atoms with Crippen molar-refractivity contribution in [2.45, 2.75) is 20.5 Å². The molecular weight excluding hydrogens is 356 g/mol. The van der Waals surface area contributed by atoms with Crippen LogP contribution in [0.3, 0.4) is 0 Å². The number of aryl methyl sites for hydroxylation is 1. The van der Waals surface area contributed by atoms with Gasteiger partial charge in [0.15, 0.2) is 5.71 Å². The molecule has 6 nitrogen and oxygen atoms in total. The van der Waals surface area contributed by atoms with E-state index in [1.165, 1.54) is 14.2 Å². The summed E-state index contributed by atoms with van der Waals surface area (Å²) in [5.41, 5.74) is 4.97. The van der Waals surface area contributed by atoms with Crippen LogP contribution in [0.15, 0.2) is 59.4 Å². The molecule has 0 saturated heterocycles. The van der Waals surface area contributed by atoms with Crippen LogP contribution in [0, 0.1) is 6.92 Å². The molecule has 146 valence electrons. The SMILES string of the molecule is C=Cc1cccc(/C(=N\OC)C(=O)OC)c1CO/N=C(\C)c1cccc(C)c1. The molecule has 0 heterocycles. The molecule has 0 aliphatic heterocycles. The van der Waals surface area contributed by atoms with Gasteiger partial charge in [0.05, 0.1) is 12.8 Å². The monoisotopic (exact) mass is 380 g/mol. The summed E-state index contributed by atoms with van der Waals surface area (Å²) in [6, 6.07) is 13.4. The Morgan fingerprint density at radius 1 is 1.14 bits per heavy atom. The summed E-state index contributed by atoms with van der Waals surface area (Å²) in [4.78, 5) is 22.5. The van der Waals surface area contributed by atoms with E-state index in [1.807, 2.05) is 44.2 Å². The Hall–Kier alpha value is -3.41. The zero-order valence-electron chi connectivity index (χ0n) is 16.6. The average molecular weight is 380 g/mol. The van der Waals surface area contributed by atoms with Gasteiger partial charge in [-0.1, -0.05) is 71.0 Å². The summed E-state index contributed by atoms with van der Waals surface area (Å²) >= 11 is 0. The number of hydrogen-bond donors (Lipinski definition) is 0. The molecule has 6 heteroatoms. The normalized spacial score (nSPS) is 11.7. The molecule has 0 aliphatic rings. The first kappa shape index (κ1) is 20.9. The summed E-state index contributed by atoms with van der Waals surface area (Å²) in [5, 5.41) is 8.03. The van der Waals surface area contributed by atoms with Crippen LogP contribution < -0.4 is 0 Å². The highest BCUT2D eigenvalue weighted by Gasteiger charge is 2.21. The molecule has 0 N–H and O–H groups in total. The molecule has 2 aromatic carbocycles. The topological polar surface area (TPSA) is 69.5 Å². The van der Waals surface area contributed by atoms with Crippen molar-refractivity contribution in [2.75, 3.05) is 14.2 Å². The van der Waals surface area contributed by atoms with Crippen molar-refractivity contribution in [3.63, 3.8) is 0 Å². The highest BCUT2D eigenvalue weighted by atomic mass is 16.6. The number of nitrogens with zero attached hydrogens (tertiary/aromatic N) is 2. The van der Waals surface area contributed by atoms with Crippen molar-refractivity contribution in [3.8, 4) is 0 Å². The minimum atomic E-state index is -0.608. The van der Waals surface area contributed by atoms with Crippen molar-refractivity contribution >= 4 is 23.5 Å². The van der Waals surface area contributed by atoms with Crippen LogP contribution in [0.25, 0.3) is 6.08 Å². The van der Waals surface area contributed by atoms with E-state index in [1.54, 1.807) is 18.2 Å². The number of oxime groups is 2. The maximum absolute atomic E-state index is 12.1. The molecule has 0 spiro atoms. The third kappa shape index (κ3) is 5.07. The number of carbonyl (C=O) groups is 1. The molecule has 0 fully saturated rings. The standard InChI is InChI=1S/C22H24N2O4/c1-6-17-10-8-12-19(21(24-27-5)22(25)26-4)20(17)14-28-23-16(3)18-11-7-9-15(2)13-18/h6-13H,1,14H2,2-5H3/b23-16+,24-21+. The van der Waals surface area contributed by atoms with Gasteiger partial charge in [0, 0.05) is 11.1 Å². The number of rotatable bonds is 8. The fraction of sp³-hybridized carbons (Fsp3) is 0.227. The molecule has 2 rings (SSSR count). The Morgan fingerprint density at radius 3 is 2.54 bits per heavy atom. The quantitative estimate of drug-likeness (QED) is 0.393. The lowest BCUT2D eigenvalue weighted by molar-refractivity contribution is -0.132. The lowest BCUT2D eigenvalue weighted by atomic mass is 9.98. The highest BCUT2D eigenvalue weighted by molar-refractivity contribution is 6.43. The van der Waals surface area contributed by atoms with E-state index < -0.39 is 5.97 Å². The summed E-state index contributed by atoms with van der Waals surface area (Å²) < 4.78 is 4.82. The number of esters is 1. The van der Waals surface area contributed by atoms with E-state index >= 15 is 0 Å². The van der Waals surface area contributed by atoms with Crippen LogP contribution in [-0.4, -0.2) is 31.6 Å². The fourth-order valence-electron chi connectivity index (χ4n) is 2.68. The molecule has 0 aliphatic carbocycles. The Labute approximate surface area is 165 Å². The van der Waals surface area contributed by atoms with Crippen molar-refractivity contribution in [3.05, 3.63) is 76.9 Å². The molecule has 0 bridgehead atoms. The van der Waals surface area contributed by atoms with Gasteiger partial charge in [-0.25, -0.2) is 4.79 Å². The first-order valence-electron chi connectivity index (χ1n) is 8.69. The average Bonchev–Trinajstić information content (AvgIpc) is 2.71. The molecule has 28 heavy (non-hydrogen) atoms. The second-order valence-corrected chi connectivity index (χ2v) is 6.01. The predicted molar refractivity (Wildman–Crippen MR) is 110 cm³/mol. The second kappa shape index (κ2) is 10.1. The van der Waals surface area contributed by atoms with E-state index in [0.29, 0.717) is 11.1 Å². The van der Waals surface area contributed by atoms with Crippen LogP contribution in [0.1, 0.15) is 34.7 Å². The van der Waals surface area contributed by atoms with Gasteiger partial charge in [-0.3, -0.25) is 0 Å². The zero-order chi connectivity index (χ0) is 20.5. The lowest BCUT2D eigenvalue weighted by Crippen LogP contribution is -2.20. The molecule has 0 aromatic heterocycles. The molecule has 0 unspecified atom stereocenters. The van der Waals surface area contributed by atoms with Crippen molar-refractivity contribution < 1.29 is 19.2 Å². The second-order valence-electron chi connectivity index (χ2n) is 6.01. The van der Waals surface area contributed by atoms with Gasteiger partial charge >= 0.3 is 5.97 Å². The van der Waals surface area contributed by atoms with E-state index in [4.69, 9.17) is 14.4 Å². The van der Waals surface area contributed by atoms with E-state index in [0.717, 1.165) is 22.4 Å². The predicted octanol–water partition coefficient (Wildman–Crippen LogP) is 4.10. The van der Waals surface area contributed by atoms with Crippen LogP contribution in [0.4, 0.5) is 0 Å². The van der Waals surface area contributed by atoms with Crippen LogP contribution in [0.5, 0.6) is 0 Å². The van der Waals surface area contributed by atoms with Gasteiger partial charge in [-0.05, 0) is 25.0 Å². The molecule has 2 aromatic rings. The molecular formula is C22H24N2O4. The van der Waals surface area contributed by atoms with Gasteiger partial charge in [-0.15, -0.1) is 0 Å². The Kier molecular flexibility index (Phi) is 7.51. The lowest BCUT2D eigenvalue weighted by Gasteiger charge is -2.13. The number of methoxy groups -OCH3 is 1. The number of benzene rings is 2. The summed E-state index contributed by atoms with van der Waals surface area (Å²) in [5.74, 6) is -0.608.